The van der Waals surface area contributed by atoms with Crippen LogP contribution in [0.5, 0.6) is 0 Å². The molecule has 0 aliphatic carbocycles. The number of esters is 1. The number of alkyl halides is 3. The maximum atomic E-state index is 13.2. The monoisotopic (exact) mass is 536 g/mol. The first kappa shape index (κ1) is 27.8. The topological polar surface area (TPSA) is 130 Å². The Labute approximate surface area is 195 Å². The third kappa shape index (κ3) is 6.79. The number of nitrogens with zero attached hydrogens (tertiary/aromatic N) is 1. The van der Waals surface area contributed by atoms with Gasteiger partial charge in [-0.05, 0) is 51.8 Å². The van der Waals surface area contributed by atoms with Crippen molar-refractivity contribution in [3.63, 3.8) is 0 Å². The SMILES string of the molecule is CC(C)(C)OC(=O)c1cc(Cl)ccc1S(=O)(=O)N1CCC(O)(CNS(=O)(=O)C(F)(F)F)CC1. The van der Waals surface area contributed by atoms with Crippen molar-refractivity contribution in [2.45, 2.75) is 55.2 Å². The van der Waals surface area contributed by atoms with Crippen molar-refractivity contribution >= 4 is 37.6 Å². The van der Waals surface area contributed by atoms with E-state index in [0.717, 1.165) is 16.4 Å². The summed E-state index contributed by atoms with van der Waals surface area (Å²) in [6.07, 6.45) is -0.691. The van der Waals surface area contributed by atoms with Gasteiger partial charge in [-0.25, -0.2) is 26.4 Å². The number of ether oxygens (including phenoxy) is 1. The third-order valence-electron chi connectivity index (χ3n) is 4.73. The van der Waals surface area contributed by atoms with Crippen molar-refractivity contribution in [2.75, 3.05) is 19.6 Å². The molecule has 15 heteroatoms. The van der Waals surface area contributed by atoms with E-state index in [2.05, 4.69) is 0 Å². The van der Waals surface area contributed by atoms with Gasteiger partial charge in [-0.15, -0.1) is 0 Å². The second kappa shape index (κ2) is 9.30. The number of rotatable bonds is 6. The Balaban J connectivity index is 2.21. The van der Waals surface area contributed by atoms with Crippen molar-refractivity contribution in [1.29, 1.82) is 0 Å². The van der Waals surface area contributed by atoms with Gasteiger partial charge in [0.25, 0.3) is 0 Å². The second-order valence-electron chi connectivity index (χ2n) is 8.54. The minimum Gasteiger partial charge on any atom is -0.456 e. The summed E-state index contributed by atoms with van der Waals surface area (Å²) in [4.78, 5) is 12.2. The number of aliphatic hydroxyl groups is 1. The van der Waals surface area contributed by atoms with Crippen LogP contribution in [0.3, 0.4) is 0 Å². The zero-order chi connectivity index (χ0) is 25.5. The molecule has 0 bridgehead atoms. The van der Waals surface area contributed by atoms with Gasteiger partial charge in [0.05, 0.1) is 16.1 Å². The molecule has 1 aliphatic rings. The van der Waals surface area contributed by atoms with Crippen molar-refractivity contribution in [1.82, 2.24) is 9.03 Å². The first-order valence-electron chi connectivity index (χ1n) is 9.59. The molecule has 2 N–H and O–H groups in total. The molecule has 1 saturated heterocycles. The van der Waals surface area contributed by atoms with E-state index in [1.165, 1.54) is 10.8 Å². The molecule has 0 spiro atoms. The first-order chi connectivity index (χ1) is 14.8. The number of halogens is 4. The van der Waals surface area contributed by atoms with Crippen molar-refractivity contribution in [3.8, 4) is 0 Å². The lowest BCUT2D eigenvalue weighted by Crippen LogP contribution is -2.53. The summed E-state index contributed by atoms with van der Waals surface area (Å²) in [6.45, 7) is 3.20. The Morgan fingerprint density at radius 3 is 2.21 bits per heavy atom. The normalized spacial score (nSPS) is 18.2. The highest BCUT2D eigenvalue weighted by Gasteiger charge is 2.47. The molecule has 0 saturated carbocycles. The van der Waals surface area contributed by atoms with Gasteiger partial charge >= 0.3 is 21.5 Å². The zero-order valence-electron chi connectivity index (χ0n) is 17.9. The molecule has 0 radical (unpaired) electrons. The molecule has 9 nitrogen and oxygen atoms in total. The summed E-state index contributed by atoms with van der Waals surface area (Å²) in [5.41, 5.74) is -8.64. The van der Waals surface area contributed by atoms with Crippen LogP contribution in [0, 0.1) is 0 Å². The average Bonchev–Trinajstić information content (AvgIpc) is 2.64. The Kier molecular flexibility index (Phi) is 7.83. The second-order valence-corrected chi connectivity index (χ2v) is 12.6. The van der Waals surface area contributed by atoms with Crippen molar-refractivity contribution < 1.29 is 44.6 Å². The molecule has 0 unspecified atom stereocenters. The first-order valence-corrected chi connectivity index (χ1v) is 12.9. The number of hydrogen-bond donors (Lipinski definition) is 2. The molecular weight excluding hydrogens is 513 g/mol. The van der Waals surface area contributed by atoms with Gasteiger partial charge in [0, 0.05) is 24.7 Å². The lowest BCUT2D eigenvalue weighted by atomic mass is 9.93. The van der Waals surface area contributed by atoms with E-state index in [4.69, 9.17) is 16.3 Å². The smallest absolute Gasteiger partial charge is 0.456 e. The van der Waals surface area contributed by atoms with E-state index >= 15 is 0 Å². The predicted molar refractivity (Wildman–Crippen MR) is 113 cm³/mol. The van der Waals surface area contributed by atoms with Crippen LogP contribution in [0.1, 0.15) is 44.0 Å². The molecule has 0 amide bonds. The fraction of sp³-hybridized carbons (Fsp3) is 0.611. The highest BCUT2D eigenvalue weighted by molar-refractivity contribution is 7.90. The molecule has 2 rings (SSSR count). The van der Waals surface area contributed by atoms with Crippen LogP contribution in [-0.4, -0.2) is 68.6 Å². The number of piperidine rings is 1. The fourth-order valence-corrected chi connectivity index (χ4v) is 5.39. The summed E-state index contributed by atoms with van der Waals surface area (Å²) in [6, 6.07) is 3.55. The highest BCUT2D eigenvalue weighted by Crippen LogP contribution is 2.31. The summed E-state index contributed by atoms with van der Waals surface area (Å²) in [5.74, 6) is -0.918. The van der Waals surface area contributed by atoms with Gasteiger partial charge in [0.15, 0.2) is 0 Å². The highest BCUT2D eigenvalue weighted by atomic mass is 35.5. The van der Waals surface area contributed by atoms with Gasteiger partial charge in [-0.1, -0.05) is 11.6 Å². The molecule has 1 aromatic carbocycles. The maximum absolute atomic E-state index is 13.2. The molecule has 0 atom stereocenters. The molecule has 1 aromatic rings. The Morgan fingerprint density at radius 1 is 1.18 bits per heavy atom. The van der Waals surface area contributed by atoms with Crippen LogP contribution in [0.2, 0.25) is 5.02 Å². The van der Waals surface area contributed by atoms with E-state index in [1.54, 1.807) is 20.8 Å². The van der Waals surface area contributed by atoms with Crippen LogP contribution < -0.4 is 4.72 Å². The van der Waals surface area contributed by atoms with E-state index in [-0.39, 0.29) is 41.4 Å². The van der Waals surface area contributed by atoms with E-state index in [9.17, 15) is 39.9 Å². The van der Waals surface area contributed by atoms with Crippen molar-refractivity contribution in [3.05, 3.63) is 28.8 Å². The summed E-state index contributed by atoms with van der Waals surface area (Å²) >= 11 is 5.92. The lowest BCUT2D eigenvalue weighted by Gasteiger charge is -2.37. The molecule has 188 valence electrons. The van der Waals surface area contributed by atoms with Gasteiger partial charge < -0.3 is 9.84 Å². The van der Waals surface area contributed by atoms with Crippen molar-refractivity contribution in [2.24, 2.45) is 0 Å². The molecule has 33 heavy (non-hydrogen) atoms. The van der Waals surface area contributed by atoms with Crippen LogP contribution >= 0.6 is 11.6 Å². The number of benzene rings is 1. The summed E-state index contributed by atoms with van der Waals surface area (Å²) < 4.78 is 93.6. The largest absolute Gasteiger partial charge is 0.511 e. The summed E-state index contributed by atoms with van der Waals surface area (Å²) in [7, 11) is -9.94. The number of hydrogen-bond acceptors (Lipinski definition) is 7. The lowest BCUT2D eigenvalue weighted by molar-refractivity contribution is -0.0464. The number of nitrogens with one attached hydrogen (secondary N) is 1. The van der Waals surface area contributed by atoms with Crippen LogP contribution in [0.25, 0.3) is 0 Å². The van der Waals surface area contributed by atoms with E-state index in [1.807, 2.05) is 0 Å². The Morgan fingerprint density at radius 2 is 1.73 bits per heavy atom. The van der Waals surface area contributed by atoms with Gasteiger partial charge in [0.1, 0.15) is 5.60 Å². The number of carbonyl (C=O) groups excluding carboxylic acids is 1. The third-order valence-corrected chi connectivity index (χ3v) is 8.05. The molecule has 1 fully saturated rings. The molecule has 1 aliphatic heterocycles. The number of sulfonamides is 2. The number of carbonyl (C=O) groups is 1. The molecule has 1 heterocycles. The predicted octanol–water partition coefficient (Wildman–Crippen LogP) is 2.25. The van der Waals surface area contributed by atoms with E-state index in [0.29, 0.717) is 0 Å². The maximum Gasteiger partial charge on any atom is 0.511 e. The Hall–Kier alpha value is -1.45. The molecular formula is C18H24ClF3N2O7S2. The van der Waals surface area contributed by atoms with Crippen LogP contribution in [0.15, 0.2) is 23.1 Å². The minimum absolute atomic E-state index is 0.0970. The Bertz CT molecular complexity index is 1110. The standard InChI is InChI=1S/C18H24ClF3N2O7S2/c1-16(2,3)31-15(25)13-10-12(19)4-5-14(13)32(27,28)24-8-6-17(26,7-9-24)11-23-33(29,30)18(20,21)22/h4-5,10,23,26H,6-9,11H2,1-3H3. The van der Waals surface area contributed by atoms with Crippen LogP contribution in [-0.2, 0) is 24.8 Å². The van der Waals surface area contributed by atoms with Gasteiger partial charge in [-0.2, -0.15) is 17.5 Å². The molecule has 0 aromatic heterocycles. The van der Waals surface area contributed by atoms with E-state index < -0.39 is 49.3 Å². The summed E-state index contributed by atoms with van der Waals surface area (Å²) in [5, 5.41) is 10.6. The minimum atomic E-state index is -5.66. The van der Waals surface area contributed by atoms with Gasteiger partial charge in [-0.3, -0.25) is 0 Å². The quantitative estimate of drug-likeness (QED) is 0.533. The fourth-order valence-electron chi connectivity index (χ4n) is 2.99. The zero-order valence-corrected chi connectivity index (χ0v) is 20.3. The van der Waals surface area contributed by atoms with Gasteiger partial charge in [0.2, 0.25) is 10.0 Å². The van der Waals surface area contributed by atoms with Crippen LogP contribution in [0.4, 0.5) is 13.2 Å². The average molecular weight is 537 g/mol.